The van der Waals surface area contributed by atoms with Crippen LogP contribution in [0.25, 0.3) is 0 Å². The monoisotopic (exact) mass is 486 g/mol. The Bertz CT molecular complexity index is 1350. The summed E-state index contributed by atoms with van der Waals surface area (Å²) < 4.78 is 25.7. The van der Waals surface area contributed by atoms with Crippen LogP contribution in [0.3, 0.4) is 0 Å². The number of benzene rings is 1. The number of nitrogens with zero attached hydrogens (tertiary/aromatic N) is 2. The van der Waals surface area contributed by atoms with Gasteiger partial charge in [0.05, 0.1) is 18.1 Å². The number of carbonyl (C=O) groups is 4. The number of Topliss-reactive ketones (excluding diaryl/α,β-unsaturated/α-hetero) is 1. The number of nitrogens with one attached hydrogen (secondary N) is 1. The van der Waals surface area contributed by atoms with Crippen molar-refractivity contribution in [2.75, 3.05) is 18.1 Å². The lowest BCUT2D eigenvalue weighted by molar-refractivity contribution is -0.130. The van der Waals surface area contributed by atoms with Crippen LogP contribution in [0.15, 0.2) is 30.3 Å². The van der Waals surface area contributed by atoms with Crippen molar-refractivity contribution in [2.24, 2.45) is 5.73 Å². The van der Waals surface area contributed by atoms with Crippen molar-refractivity contribution in [3.63, 3.8) is 0 Å². The predicted octanol–water partition coefficient (Wildman–Crippen LogP) is 1.21. The molecule has 2 unspecified atom stereocenters. The van der Waals surface area contributed by atoms with Crippen LogP contribution in [0.4, 0.5) is 4.79 Å². The summed E-state index contributed by atoms with van der Waals surface area (Å²) in [4.78, 5) is 51.4. The molecule has 180 valence electrons. The third-order valence-electron chi connectivity index (χ3n) is 6.66. The maximum atomic E-state index is 13.2. The van der Waals surface area contributed by atoms with E-state index in [2.05, 4.69) is 5.32 Å². The van der Waals surface area contributed by atoms with Crippen molar-refractivity contribution in [2.45, 2.75) is 38.8 Å². The molecule has 0 radical (unpaired) electrons. The number of sulfone groups is 1. The molecule has 2 saturated heterocycles. The van der Waals surface area contributed by atoms with Gasteiger partial charge in [0, 0.05) is 28.6 Å². The first-order valence-corrected chi connectivity index (χ1v) is 12.6. The third kappa shape index (κ3) is 3.89. The lowest BCUT2D eigenvalue weighted by Crippen LogP contribution is -2.41. The largest absolute Gasteiger partial charge is 0.366 e. The first-order valence-electron chi connectivity index (χ1n) is 10.8. The van der Waals surface area contributed by atoms with Crippen LogP contribution in [-0.2, 0) is 20.2 Å². The van der Waals surface area contributed by atoms with Crippen LogP contribution < -0.4 is 11.1 Å². The van der Waals surface area contributed by atoms with Crippen LogP contribution >= 0.6 is 0 Å². The Labute approximate surface area is 197 Å². The Morgan fingerprint density at radius 1 is 1.21 bits per heavy atom. The number of rotatable bonds is 6. The number of aromatic nitrogens is 1. The third-order valence-corrected chi connectivity index (χ3v) is 8.41. The molecular weight excluding hydrogens is 460 g/mol. The second kappa shape index (κ2) is 8.08. The lowest BCUT2D eigenvalue weighted by atomic mass is 9.90. The fourth-order valence-electron chi connectivity index (χ4n) is 4.85. The molecule has 11 heteroatoms. The molecule has 0 spiro atoms. The number of amides is 4. The Kier molecular flexibility index (Phi) is 5.63. The van der Waals surface area contributed by atoms with Crippen LogP contribution in [0.2, 0.25) is 0 Å². The van der Waals surface area contributed by atoms with Gasteiger partial charge in [0.15, 0.2) is 15.6 Å². The van der Waals surface area contributed by atoms with E-state index >= 15 is 0 Å². The van der Waals surface area contributed by atoms with Gasteiger partial charge in [-0.25, -0.2) is 13.2 Å². The zero-order valence-corrected chi connectivity index (χ0v) is 19.9. The highest BCUT2D eigenvalue weighted by atomic mass is 32.2. The van der Waals surface area contributed by atoms with E-state index in [-0.39, 0.29) is 23.1 Å². The Hall–Kier alpha value is -3.47. The minimum atomic E-state index is -3.11. The molecule has 1 aromatic heterocycles. The number of imide groups is 1. The van der Waals surface area contributed by atoms with Gasteiger partial charge in [0.25, 0.3) is 5.91 Å². The maximum absolute atomic E-state index is 13.2. The summed E-state index contributed by atoms with van der Waals surface area (Å²) in [6.07, 6.45) is 0.474. The molecule has 0 bridgehead atoms. The number of urea groups is 1. The average molecular weight is 487 g/mol. The molecule has 2 fully saturated rings. The number of ketones is 1. The van der Waals surface area contributed by atoms with E-state index in [1.54, 1.807) is 32.0 Å². The van der Waals surface area contributed by atoms with Crippen LogP contribution in [0, 0.1) is 13.8 Å². The highest BCUT2D eigenvalue weighted by molar-refractivity contribution is 7.91. The molecule has 0 saturated carbocycles. The first-order chi connectivity index (χ1) is 15.8. The van der Waals surface area contributed by atoms with Gasteiger partial charge >= 0.3 is 6.03 Å². The summed E-state index contributed by atoms with van der Waals surface area (Å²) in [5.41, 5.74) is 6.12. The van der Waals surface area contributed by atoms with Crippen molar-refractivity contribution in [1.29, 1.82) is 0 Å². The molecule has 4 rings (SSSR count). The summed E-state index contributed by atoms with van der Waals surface area (Å²) in [5, 5.41) is 2.62. The van der Waals surface area contributed by atoms with Crippen molar-refractivity contribution in [1.82, 2.24) is 14.8 Å². The van der Waals surface area contributed by atoms with E-state index < -0.39 is 45.5 Å². The number of primary amides is 1. The van der Waals surface area contributed by atoms with Crippen molar-refractivity contribution < 1.29 is 27.6 Å². The van der Waals surface area contributed by atoms with Gasteiger partial charge in [-0.05, 0) is 51.0 Å². The summed E-state index contributed by atoms with van der Waals surface area (Å²) in [5.74, 6) is -1.59. The normalized spacial score (nSPS) is 23.9. The van der Waals surface area contributed by atoms with E-state index in [1.807, 2.05) is 4.57 Å². The first kappa shape index (κ1) is 23.7. The number of nitrogens with two attached hydrogens (primary N) is 1. The van der Waals surface area contributed by atoms with Crippen molar-refractivity contribution in [3.05, 3.63) is 58.4 Å². The molecule has 2 aliphatic rings. The summed E-state index contributed by atoms with van der Waals surface area (Å²) >= 11 is 0. The molecule has 34 heavy (non-hydrogen) atoms. The van der Waals surface area contributed by atoms with E-state index in [4.69, 9.17) is 5.73 Å². The van der Waals surface area contributed by atoms with Crippen LogP contribution in [0.1, 0.15) is 57.1 Å². The van der Waals surface area contributed by atoms with Gasteiger partial charge in [0.1, 0.15) is 5.54 Å². The molecule has 3 N–H and O–H groups in total. The lowest BCUT2D eigenvalue weighted by Gasteiger charge is -2.22. The fraction of sp³-hybridized carbons (Fsp3) is 0.391. The summed E-state index contributed by atoms with van der Waals surface area (Å²) in [6.45, 7) is 4.56. The minimum Gasteiger partial charge on any atom is -0.366 e. The quantitative estimate of drug-likeness (QED) is 0.463. The Morgan fingerprint density at radius 2 is 1.91 bits per heavy atom. The molecule has 2 aromatic rings. The molecule has 1 aromatic carbocycles. The molecule has 2 atom stereocenters. The zero-order chi connectivity index (χ0) is 25.0. The van der Waals surface area contributed by atoms with Crippen molar-refractivity contribution in [3.8, 4) is 0 Å². The van der Waals surface area contributed by atoms with Crippen LogP contribution in [0.5, 0.6) is 0 Å². The van der Waals surface area contributed by atoms with E-state index in [0.29, 0.717) is 23.2 Å². The predicted molar refractivity (Wildman–Crippen MR) is 123 cm³/mol. The van der Waals surface area contributed by atoms with E-state index in [0.717, 1.165) is 10.6 Å². The summed E-state index contributed by atoms with van der Waals surface area (Å²) in [6, 6.07) is 6.80. The SMILES string of the molecule is Cc1cc(C(=O)CN2C(=O)NC(C)(c3cccc(C(N)=O)c3)C2=O)c(C)n1C1CCS(=O)(=O)C1. The average Bonchev–Trinajstić information content (AvgIpc) is 3.35. The molecule has 3 heterocycles. The second-order valence-corrected chi connectivity index (χ2v) is 11.3. The molecule has 0 aliphatic carbocycles. The van der Waals surface area contributed by atoms with Crippen LogP contribution in [-0.4, -0.2) is 59.6 Å². The maximum Gasteiger partial charge on any atom is 0.325 e. The molecule has 4 amide bonds. The Balaban J connectivity index is 1.58. The highest BCUT2D eigenvalue weighted by Crippen LogP contribution is 2.31. The molecule has 2 aliphatic heterocycles. The number of hydrogen-bond acceptors (Lipinski definition) is 6. The van der Waals surface area contributed by atoms with Gasteiger partial charge in [-0.1, -0.05) is 12.1 Å². The van der Waals surface area contributed by atoms with Crippen molar-refractivity contribution >= 4 is 33.5 Å². The zero-order valence-electron chi connectivity index (χ0n) is 19.1. The standard InChI is InChI=1S/C23H26N4O6S/c1-13-9-18(14(2)27(13)17-7-8-34(32,33)12-17)19(28)11-26-21(30)23(3,25-22(26)31)16-6-4-5-15(10-16)20(24)29/h4-6,9-10,17H,7-8,11-12H2,1-3H3,(H2,24,29)(H,25,31). The molecular formula is C23H26N4O6S. The minimum absolute atomic E-state index is 0.0206. The van der Waals surface area contributed by atoms with Gasteiger partial charge in [-0.15, -0.1) is 0 Å². The van der Waals surface area contributed by atoms with Gasteiger partial charge in [-0.3, -0.25) is 19.3 Å². The fourth-order valence-corrected chi connectivity index (χ4v) is 6.55. The van der Waals surface area contributed by atoms with E-state index in [9.17, 15) is 27.6 Å². The molecule has 10 nitrogen and oxygen atoms in total. The number of hydrogen-bond donors (Lipinski definition) is 2. The topological polar surface area (TPSA) is 149 Å². The highest BCUT2D eigenvalue weighted by Gasteiger charge is 2.49. The van der Waals surface area contributed by atoms with Gasteiger partial charge in [0.2, 0.25) is 5.91 Å². The Morgan fingerprint density at radius 3 is 2.53 bits per heavy atom. The van der Waals surface area contributed by atoms with Gasteiger partial charge < -0.3 is 15.6 Å². The van der Waals surface area contributed by atoms with Gasteiger partial charge in [-0.2, -0.15) is 0 Å². The second-order valence-electron chi connectivity index (χ2n) is 9.03. The number of carbonyl (C=O) groups excluding carboxylic acids is 4. The number of aryl methyl sites for hydroxylation is 1. The summed E-state index contributed by atoms with van der Waals surface area (Å²) in [7, 11) is -3.11. The smallest absolute Gasteiger partial charge is 0.325 e. The van der Waals surface area contributed by atoms with E-state index in [1.165, 1.54) is 19.1 Å².